The first-order valence-corrected chi connectivity index (χ1v) is 11.3. The quantitative estimate of drug-likeness (QED) is 0.560. The van der Waals surface area contributed by atoms with Crippen molar-refractivity contribution in [1.82, 2.24) is 15.4 Å². The lowest BCUT2D eigenvalue weighted by molar-refractivity contribution is -0.0212. The molecule has 4 rings (SSSR count). The van der Waals surface area contributed by atoms with Crippen molar-refractivity contribution in [3.63, 3.8) is 0 Å². The monoisotopic (exact) mass is 449 g/mol. The van der Waals surface area contributed by atoms with Crippen LogP contribution < -0.4 is 10.1 Å². The third-order valence-corrected chi connectivity index (χ3v) is 5.84. The summed E-state index contributed by atoms with van der Waals surface area (Å²) in [5.74, 6) is 1.24. The topological polar surface area (TPSA) is 76.8 Å². The van der Waals surface area contributed by atoms with Crippen molar-refractivity contribution in [3.8, 4) is 5.75 Å². The first-order chi connectivity index (χ1) is 16.0. The van der Waals surface area contributed by atoms with Gasteiger partial charge in [-0.2, -0.15) is 0 Å². The molecule has 0 aliphatic carbocycles. The van der Waals surface area contributed by atoms with Gasteiger partial charge in [-0.15, -0.1) is 0 Å². The summed E-state index contributed by atoms with van der Waals surface area (Å²) in [4.78, 5) is 15.1. The average molecular weight is 450 g/mol. The van der Waals surface area contributed by atoms with Crippen molar-refractivity contribution < 1.29 is 18.8 Å². The summed E-state index contributed by atoms with van der Waals surface area (Å²) in [5.41, 5.74) is 4.62. The molecule has 7 heteroatoms. The zero-order chi connectivity index (χ0) is 23.2. The number of rotatable bonds is 8. The molecule has 0 spiro atoms. The summed E-state index contributed by atoms with van der Waals surface area (Å²) >= 11 is 0. The minimum Gasteiger partial charge on any atom is -0.489 e. The predicted octanol–water partition coefficient (Wildman–Crippen LogP) is 4.02. The maximum absolute atomic E-state index is 12.7. The Bertz CT molecular complexity index is 1080. The van der Waals surface area contributed by atoms with E-state index in [0.717, 1.165) is 48.8 Å². The highest BCUT2D eigenvalue weighted by atomic mass is 16.5. The first kappa shape index (κ1) is 23.0. The van der Waals surface area contributed by atoms with Crippen LogP contribution in [0.4, 0.5) is 0 Å². The van der Waals surface area contributed by atoms with Gasteiger partial charge >= 0.3 is 0 Å². The molecule has 1 atom stereocenters. The van der Waals surface area contributed by atoms with Gasteiger partial charge in [0, 0.05) is 31.7 Å². The molecule has 0 radical (unpaired) electrons. The van der Waals surface area contributed by atoms with Crippen molar-refractivity contribution in [2.45, 2.75) is 46.6 Å². The Kier molecular flexibility index (Phi) is 7.42. The van der Waals surface area contributed by atoms with Gasteiger partial charge < -0.3 is 19.3 Å². The summed E-state index contributed by atoms with van der Waals surface area (Å²) in [6.07, 6.45) is 0.269. The predicted molar refractivity (Wildman–Crippen MR) is 125 cm³/mol. The summed E-state index contributed by atoms with van der Waals surface area (Å²) in [7, 11) is 0. The zero-order valence-corrected chi connectivity index (χ0v) is 19.5. The molecule has 1 aliphatic heterocycles. The van der Waals surface area contributed by atoms with Crippen LogP contribution in [-0.4, -0.2) is 41.8 Å². The summed E-state index contributed by atoms with van der Waals surface area (Å²) in [5, 5.41) is 6.96. The maximum Gasteiger partial charge on any atom is 0.251 e. The van der Waals surface area contributed by atoms with E-state index in [1.54, 1.807) is 12.1 Å². The molecule has 7 nitrogen and oxygen atoms in total. The second-order valence-corrected chi connectivity index (χ2v) is 8.54. The molecule has 33 heavy (non-hydrogen) atoms. The van der Waals surface area contributed by atoms with Crippen LogP contribution >= 0.6 is 0 Å². The number of carbonyl (C=O) groups excluding carboxylic acids is 1. The fourth-order valence-corrected chi connectivity index (χ4v) is 4.01. The Balaban J connectivity index is 1.32. The smallest absolute Gasteiger partial charge is 0.251 e. The number of nitrogens with one attached hydrogen (secondary N) is 1. The lowest BCUT2D eigenvalue weighted by Crippen LogP contribution is -2.40. The third kappa shape index (κ3) is 6.21. The number of nitrogens with zero attached hydrogens (tertiary/aromatic N) is 2. The average Bonchev–Trinajstić information content (AvgIpc) is 3.13. The molecule has 1 N–H and O–H groups in total. The molecule has 0 saturated carbocycles. The molecule has 1 fully saturated rings. The minimum absolute atomic E-state index is 0.134. The van der Waals surface area contributed by atoms with Crippen LogP contribution in [0.2, 0.25) is 0 Å². The second-order valence-electron chi connectivity index (χ2n) is 8.54. The molecule has 2 heterocycles. The van der Waals surface area contributed by atoms with Gasteiger partial charge in [0.25, 0.3) is 5.91 Å². The molecule has 0 bridgehead atoms. The molecule has 1 amide bonds. The van der Waals surface area contributed by atoms with Crippen LogP contribution in [0.25, 0.3) is 0 Å². The Morgan fingerprint density at radius 1 is 1.18 bits per heavy atom. The number of ether oxygens (including phenoxy) is 2. The zero-order valence-electron chi connectivity index (χ0n) is 19.5. The number of carbonyl (C=O) groups is 1. The van der Waals surface area contributed by atoms with Crippen molar-refractivity contribution >= 4 is 5.91 Å². The van der Waals surface area contributed by atoms with Crippen molar-refractivity contribution in [2.24, 2.45) is 0 Å². The molecule has 1 unspecified atom stereocenters. The fourth-order valence-electron chi connectivity index (χ4n) is 4.01. The Morgan fingerprint density at radius 2 is 2.00 bits per heavy atom. The van der Waals surface area contributed by atoms with Crippen LogP contribution in [0.3, 0.4) is 0 Å². The van der Waals surface area contributed by atoms with Gasteiger partial charge in [-0.05, 0) is 50.1 Å². The van der Waals surface area contributed by atoms with E-state index in [2.05, 4.69) is 34.4 Å². The van der Waals surface area contributed by atoms with Gasteiger partial charge in [-0.25, -0.2) is 0 Å². The molecule has 3 aromatic rings. The Morgan fingerprint density at radius 3 is 2.79 bits per heavy atom. The second kappa shape index (κ2) is 10.6. The highest BCUT2D eigenvalue weighted by Crippen LogP contribution is 2.19. The normalized spacial score (nSPS) is 16.5. The van der Waals surface area contributed by atoms with E-state index in [-0.39, 0.29) is 12.0 Å². The third-order valence-electron chi connectivity index (χ3n) is 5.84. The van der Waals surface area contributed by atoms with E-state index in [1.807, 2.05) is 38.1 Å². The van der Waals surface area contributed by atoms with Crippen molar-refractivity contribution in [3.05, 3.63) is 82.2 Å². The van der Waals surface area contributed by atoms with Gasteiger partial charge in [0.15, 0.2) is 0 Å². The van der Waals surface area contributed by atoms with E-state index < -0.39 is 0 Å². The van der Waals surface area contributed by atoms with E-state index in [0.29, 0.717) is 24.5 Å². The molecule has 2 aromatic carbocycles. The van der Waals surface area contributed by atoms with Gasteiger partial charge in [0.1, 0.15) is 18.1 Å². The van der Waals surface area contributed by atoms with E-state index in [4.69, 9.17) is 14.0 Å². The van der Waals surface area contributed by atoms with E-state index in [9.17, 15) is 4.79 Å². The van der Waals surface area contributed by atoms with Crippen LogP contribution in [0.1, 0.15) is 45.4 Å². The van der Waals surface area contributed by atoms with Gasteiger partial charge in [0.05, 0.1) is 24.0 Å². The molecule has 1 aromatic heterocycles. The first-order valence-electron chi connectivity index (χ1n) is 11.3. The van der Waals surface area contributed by atoms with Crippen LogP contribution in [0, 0.1) is 13.8 Å². The number of aromatic nitrogens is 1. The van der Waals surface area contributed by atoms with E-state index in [1.165, 1.54) is 5.56 Å². The number of morpholine rings is 1. The minimum atomic E-state index is -0.134. The molecule has 174 valence electrons. The molecule has 1 aliphatic rings. The Hall–Kier alpha value is -3.16. The number of hydrogen-bond acceptors (Lipinski definition) is 6. The molecular weight excluding hydrogens is 418 g/mol. The van der Waals surface area contributed by atoms with Crippen molar-refractivity contribution in [2.75, 3.05) is 19.7 Å². The summed E-state index contributed by atoms with van der Waals surface area (Å²) < 4.78 is 16.7. The van der Waals surface area contributed by atoms with Gasteiger partial charge in [-0.3, -0.25) is 9.69 Å². The SMILES string of the molecule is Cc1noc(C)c1COc1cccc(C(=O)NCc2cccc(CN3CCOC(C)C3)c2)c1. The van der Waals surface area contributed by atoms with Crippen molar-refractivity contribution in [1.29, 1.82) is 0 Å². The molecule has 1 saturated heterocycles. The largest absolute Gasteiger partial charge is 0.489 e. The van der Waals surface area contributed by atoms with Crippen LogP contribution in [0.15, 0.2) is 53.1 Å². The standard InChI is InChI=1S/C26H31N3O4/c1-18-15-29(10-11-31-18)16-22-7-4-6-21(12-22)14-27-26(30)23-8-5-9-24(13-23)32-17-25-19(2)28-33-20(25)3/h4-9,12-13,18H,10-11,14-17H2,1-3H3,(H,27,30). The van der Waals surface area contributed by atoms with Gasteiger partial charge in [0.2, 0.25) is 0 Å². The fraction of sp³-hybridized carbons (Fsp3) is 0.385. The lowest BCUT2D eigenvalue weighted by Gasteiger charge is -2.31. The number of aryl methyl sites for hydroxylation is 2. The highest BCUT2D eigenvalue weighted by Gasteiger charge is 2.17. The van der Waals surface area contributed by atoms with E-state index >= 15 is 0 Å². The summed E-state index contributed by atoms with van der Waals surface area (Å²) in [6.45, 7) is 10.2. The highest BCUT2D eigenvalue weighted by molar-refractivity contribution is 5.94. The lowest BCUT2D eigenvalue weighted by atomic mass is 10.1. The molecular formula is C26H31N3O4. The maximum atomic E-state index is 12.7. The number of hydrogen-bond donors (Lipinski definition) is 1. The van der Waals surface area contributed by atoms with Crippen LogP contribution in [-0.2, 0) is 24.4 Å². The van der Waals surface area contributed by atoms with Crippen LogP contribution in [0.5, 0.6) is 5.75 Å². The Labute approximate surface area is 194 Å². The number of amides is 1. The summed E-state index contributed by atoms with van der Waals surface area (Å²) in [6, 6.07) is 15.6. The van der Waals surface area contributed by atoms with Gasteiger partial charge in [-0.1, -0.05) is 35.5 Å². The number of benzene rings is 2.